The normalized spacial score (nSPS) is 10.9. The minimum Gasteiger partial charge on any atom is -0.392 e. The molecule has 2 N–H and O–H groups in total. The highest BCUT2D eigenvalue weighted by Gasteiger charge is 1.86. The summed E-state index contributed by atoms with van der Waals surface area (Å²) in [6, 6.07) is 1.70. The number of nitrogens with zero attached hydrogens (tertiary/aromatic N) is 1. The van der Waals surface area contributed by atoms with Crippen LogP contribution in [0.15, 0.2) is 11.6 Å². The Hall–Kier alpha value is -0.850. The Balaban J connectivity index is 3.72. The second-order valence-electron chi connectivity index (χ2n) is 1.18. The van der Waals surface area contributed by atoms with Gasteiger partial charge >= 0.3 is 0 Å². The molecule has 0 bridgehead atoms. The Labute approximate surface area is 47.5 Å². The Bertz CT molecular complexity index is 123. The van der Waals surface area contributed by atoms with Gasteiger partial charge in [-0.25, -0.2) is 0 Å². The highest BCUT2D eigenvalue weighted by atomic mass is 16.3. The summed E-state index contributed by atoms with van der Waals surface area (Å²) >= 11 is 0. The van der Waals surface area contributed by atoms with Gasteiger partial charge in [-0.2, -0.15) is 5.26 Å². The molecule has 0 saturated heterocycles. The van der Waals surface area contributed by atoms with E-state index in [1.54, 1.807) is 6.07 Å². The van der Waals surface area contributed by atoms with Crippen LogP contribution >= 0.6 is 0 Å². The monoisotopic (exact) mass is 113 g/mol. The molecule has 8 heavy (non-hydrogen) atoms. The molecule has 0 radical (unpaired) electrons. The quantitative estimate of drug-likeness (QED) is 0.471. The maximum atomic E-state index is 8.26. The predicted octanol–water partition coefficient (Wildman–Crippen LogP) is -0.579. The molecule has 0 spiro atoms. The SMILES string of the molecule is N#C/C(=C/CO)CO. The molecule has 0 aromatic carbocycles. The van der Waals surface area contributed by atoms with Gasteiger partial charge in [0.05, 0.1) is 24.9 Å². The fraction of sp³-hybridized carbons (Fsp3) is 0.400. The predicted molar refractivity (Wildman–Crippen MR) is 27.9 cm³/mol. The molecular weight excluding hydrogens is 106 g/mol. The van der Waals surface area contributed by atoms with Crippen LogP contribution in [0, 0.1) is 11.3 Å². The Morgan fingerprint density at radius 1 is 1.62 bits per heavy atom. The summed E-state index contributed by atoms with van der Waals surface area (Å²) in [6.45, 7) is -0.486. The van der Waals surface area contributed by atoms with Crippen molar-refractivity contribution >= 4 is 0 Å². The first-order valence-corrected chi connectivity index (χ1v) is 2.16. The van der Waals surface area contributed by atoms with Gasteiger partial charge in [0.15, 0.2) is 0 Å². The van der Waals surface area contributed by atoms with Crippen LogP contribution in [0.4, 0.5) is 0 Å². The summed E-state index contributed by atoms with van der Waals surface area (Å²) < 4.78 is 0. The van der Waals surface area contributed by atoms with Crippen molar-refractivity contribution in [3.05, 3.63) is 11.6 Å². The average molecular weight is 113 g/mol. The Morgan fingerprint density at radius 3 is 2.38 bits per heavy atom. The maximum Gasteiger partial charge on any atom is 0.0969 e. The molecule has 0 aromatic heterocycles. The van der Waals surface area contributed by atoms with Crippen LogP contribution in [-0.4, -0.2) is 23.4 Å². The first kappa shape index (κ1) is 7.15. The van der Waals surface area contributed by atoms with Crippen molar-refractivity contribution in [2.24, 2.45) is 0 Å². The molecule has 3 nitrogen and oxygen atoms in total. The van der Waals surface area contributed by atoms with Crippen molar-refractivity contribution in [1.82, 2.24) is 0 Å². The van der Waals surface area contributed by atoms with E-state index in [0.717, 1.165) is 0 Å². The second-order valence-corrected chi connectivity index (χ2v) is 1.18. The van der Waals surface area contributed by atoms with Crippen molar-refractivity contribution in [3.63, 3.8) is 0 Å². The van der Waals surface area contributed by atoms with Gasteiger partial charge in [-0.1, -0.05) is 0 Å². The summed E-state index contributed by atoms with van der Waals surface area (Å²) in [5, 5.41) is 24.5. The van der Waals surface area contributed by atoms with E-state index in [2.05, 4.69) is 0 Å². The van der Waals surface area contributed by atoms with E-state index in [4.69, 9.17) is 15.5 Å². The largest absolute Gasteiger partial charge is 0.392 e. The maximum absolute atomic E-state index is 8.26. The third-order valence-electron chi connectivity index (χ3n) is 0.652. The molecule has 44 valence electrons. The zero-order chi connectivity index (χ0) is 6.41. The molecule has 0 amide bonds. The fourth-order valence-electron chi connectivity index (χ4n) is 0.256. The van der Waals surface area contributed by atoms with Crippen molar-refractivity contribution in [3.8, 4) is 6.07 Å². The lowest BCUT2D eigenvalue weighted by atomic mass is 10.3. The minimum atomic E-state index is -0.295. The molecule has 3 heteroatoms. The first-order valence-electron chi connectivity index (χ1n) is 2.16. The van der Waals surface area contributed by atoms with Gasteiger partial charge in [0.2, 0.25) is 0 Å². The first-order chi connectivity index (χ1) is 3.85. The number of aliphatic hydroxyl groups excluding tert-OH is 2. The molecule has 0 aliphatic heterocycles. The van der Waals surface area contributed by atoms with Crippen molar-refractivity contribution in [2.75, 3.05) is 13.2 Å². The number of aliphatic hydroxyl groups is 2. The van der Waals surface area contributed by atoms with Gasteiger partial charge in [0, 0.05) is 0 Å². The van der Waals surface area contributed by atoms with Gasteiger partial charge in [0.25, 0.3) is 0 Å². The van der Waals surface area contributed by atoms with Crippen molar-refractivity contribution in [1.29, 1.82) is 5.26 Å². The molecule has 0 saturated carbocycles. The van der Waals surface area contributed by atoms with Crippen LogP contribution < -0.4 is 0 Å². The molecule has 0 aromatic rings. The number of hydrogen-bond donors (Lipinski definition) is 2. The van der Waals surface area contributed by atoms with Gasteiger partial charge in [0.1, 0.15) is 0 Å². The van der Waals surface area contributed by atoms with E-state index in [1.807, 2.05) is 0 Å². The fourth-order valence-corrected chi connectivity index (χ4v) is 0.256. The molecule has 0 aliphatic rings. The van der Waals surface area contributed by atoms with Crippen molar-refractivity contribution in [2.45, 2.75) is 0 Å². The van der Waals surface area contributed by atoms with Crippen LogP contribution in [-0.2, 0) is 0 Å². The topological polar surface area (TPSA) is 64.2 Å². The second kappa shape index (κ2) is 4.31. The van der Waals surface area contributed by atoms with E-state index >= 15 is 0 Å². The molecule has 0 heterocycles. The number of hydrogen-bond acceptors (Lipinski definition) is 3. The molecule has 0 aliphatic carbocycles. The van der Waals surface area contributed by atoms with Crippen LogP contribution in [0.1, 0.15) is 0 Å². The molecule has 0 rings (SSSR count). The Morgan fingerprint density at radius 2 is 2.25 bits per heavy atom. The highest BCUT2D eigenvalue weighted by Crippen LogP contribution is 1.86. The lowest BCUT2D eigenvalue weighted by Crippen LogP contribution is -1.87. The van der Waals surface area contributed by atoms with Crippen LogP contribution in [0.2, 0.25) is 0 Å². The smallest absolute Gasteiger partial charge is 0.0969 e. The van der Waals surface area contributed by atoms with Crippen LogP contribution in [0.3, 0.4) is 0 Å². The molecule has 0 unspecified atom stereocenters. The van der Waals surface area contributed by atoms with Crippen molar-refractivity contribution < 1.29 is 10.2 Å². The van der Waals surface area contributed by atoms with Gasteiger partial charge < -0.3 is 10.2 Å². The van der Waals surface area contributed by atoms with Gasteiger partial charge in [-0.15, -0.1) is 0 Å². The zero-order valence-corrected chi connectivity index (χ0v) is 4.33. The summed E-state index contributed by atoms with van der Waals surface area (Å²) in [5.74, 6) is 0. The lowest BCUT2D eigenvalue weighted by Gasteiger charge is -1.84. The summed E-state index contributed by atoms with van der Waals surface area (Å²) in [6.07, 6.45) is 1.26. The average Bonchev–Trinajstić information content (AvgIpc) is 1.83. The van der Waals surface area contributed by atoms with E-state index in [1.165, 1.54) is 6.08 Å². The summed E-state index contributed by atoms with van der Waals surface area (Å²) in [7, 11) is 0. The summed E-state index contributed by atoms with van der Waals surface area (Å²) in [5.41, 5.74) is 0.201. The Kier molecular flexibility index (Phi) is 3.85. The van der Waals surface area contributed by atoms with E-state index in [0.29, 0.717) is 0 Å². The number of rotatable bonds is 2. The van der Waals surface area contributed by atoms with Crippen LogP contribution in [0.25, 0.3) is 0 Å². The van der Waals surface area contributed by atoms with Crippen LogP contribution in [0.5, 0.6) is 0 Å². The van der Waals surface area contributed by atoms with Gasteiger partial charge in [-0.05, 0) is 6.08 Å². The van der Waals surface area contributed by atoms with Gasteiger partial charge in [-0.3, -0.25) is 0 Å². The summed E-state index contributed by atoms with van der Waals surface area (Å²) in [4.78, 5) is 0. The third-order valence-corrected chi connectivity index (χ3v) is 0.652. The van der Waals surface area contributed by atoms with E-state index in [-0.39, 0.29) is 18.8 Å². The number of nitriles is 1. The third kappa shape index (κ3) is 2.35. The zero-order valence-electron chi connectivity index (χ0n) is 4.33. The lowest BCUT2D eigenvalue weighted by molar-refractivity contribution is 0.323. The molecular formula is C5H7NO2. The van der Waals surface area contributed by atoms with E-state index < -0.39 is 0 Å². The highest BCUT2D eigenvalue weighted by molar-refractivity contribution is 5.20. The minimum absolute atomic E-state index is 0.191. The van der Waals surface area contributed by atoms with E-state index in [9.17, 15) is 0 Å². The molecule has 0 fully saturated rings. The standard InChI is InChI=1S/C5H7NO2/c6-3-5(4-8)1-2-7/h1,7-8H,2,4H2/b5-1-. The molecule has 0 atom stereocenters.